The molecule has 106 valence electrons. The van der Waals surface area contributed by atoms with Crippen molar-refractivity contribution >= 4 is 5.91 Å². The van der Waals surface area contributed by atoms with Crippen molar-refractivity contribution in [2.45, 2.75) is 32.4 Å². The van der Waals surface area contributed by atoms with Crippen molar-refractivity contribution in [3.63, 3.8) is 0 Å². The number of hydrogen-bond acceptors (Lipinski definition) is 4. The third kappa shape index (κ3) is 3.64. The molecule has 0 spiro atoms. The number of aromatic nitrogens is 3. The number of nitrogens with one attached hydrogen (secondary N) is 2. The molecule has 0 aliphatic carbocycles. The highest BCUT2D eigenvalue weighted by Gasteiger charge is 2.20. The molecule has 0 fully saturated rings. The first-order valence-corrected chi connectivity index (χ1v) is 6.44. The Bertz CT molecular complexity index is 576. The van der Waals surface area contributed by atoms with E-state index < -0.39 is 0 Å². The smallest absolute Gasteiger partial charge is 0.219 e. The molecule has 0 bridgehead atoms. The fraction of sp³-hybridized carbons (Fsp3) is 0.357. The molecular weight excluding hydrogens is 254 g/mol. The Morgan fingerprint density at radius 1 is 1.45 bits per heavy atom. The molecule has 0 aliphatic heterocycles. The zero-order valence-corrected chi connectivity index (χ0v) is 11.7. The van der Waals surface area contributed by atoms with Gasteiger partial charge in [-0.2, -0.15) is 5.10 Å². The van der Waals surface area contributed by atoms with E-state index in [9.17, 15) is 4.79 Å². The molecule has 6 heteroatoms. The summed E-state index contributed by atoms with van der Waals surface area (Å²) in [5.41, 5.74) is 7.83. The quantitative estimate of drug-likeness (QED) is 0.737. The number of nitrogens with two attached hydrogens (primary N) is 1. The summed E-state index contributed by atoms with van der Waals surface area (Å²) in [6, 6.07) is 3.85. The van der Waals surface area contributed by atoms with Gasteiger partial charge in [-0.3, -0.25) is 14.9 Å². The highest BCUT2D eigenvalue weighted by Crippen LogP contribution is 2.20. The molecule has 0 saturated carbocycles. The van der Waals surface area contributed by atoms with Crippen LogP contribution in [0.5, 0.6) is 0 Å². The van der Waals surface area contributed by atoms with Crippen LogP contribution in [0.3, 0.4) is 0 Å². The van der Waals surface area contributed by atoms with Gasteiger partial charge in [0.25, 0.3) is 0 Å². The molecule has 0 radical (unpaired) electrons. The minimum Gasteiger partial charge on any atom is -0.370 e. The minimum atomic E-state index is -0.352. The van der Waals surface area contributed by atoms with Crippen molar-refractivity contribution in [1.82, 2.24) is 20.5 Å². The number of nitrogens with zero attached hydrogens (tertiary/aromatic N) is 2. The number of amides is 1. The molecule has 0 saturated heterocycles. The summed E-state index contributed by atoms with van der Waals surface area (Å²) in [5.74, 6) is -0.317. The predicted octanol–water partition coefficient (Wildman–Crippen LogP) is 1.22. The molecule has 0 aliphatic rings. The molecule has 20 heavy (non-hydrogen) atoms. The van der Waals surface area contributed by atoms with E-state index in [4.69, 9.17) is 5.73 Å². The minimum absolute atomic E-state index is 0.285. The SMILES string of the molecule is CC(C)(CC(N)=O)NCc1cn[nH]c1-c1cccnc1. The normalized spacial score (nSPS) is 11.5. The van der Waals surface area contributed by atoms with Gasteiger partial charge in [0.1, 0.15) is 0 Å². The zero-order chi connectivity index (χ0) is 14.6. The second-order valence-electron chi connectivity index (χ2n) is 5.39. The fourth-order valence-electron chi connectivity index (χ4n) is 2.04. The molecule has 2 rings (SSSR count). The predicted molar refractivity (Wildman–Crippen MR) is 76.5 cm³/mol. The Hall–Kier alpha value is -2.21. The van der Waals surface area contributed by atoms with Crippen LogP contribution in [0.25, 0.3) is 11.3 Å². The summed E-state index contributed by atoms with van der Waals surface area (Å²) < 4.78 is 0. The van der Waals surface area contributed by atoms with Gasteiger partial charge in [0.2, 0.25) is 5.91 Å². The number of carbonyl (C=O) groups excluding carboxylic acids is 1. The Labute approximate surface area is 117 Å². The maximum Gasteiger partial charge on any atom is 0.219 e. The van der Waals surface area contributed by atoms with Gasteiger partial charge in [0, 0.05) is 42.0 Å². The molecule has 2 aromatic heterocycles. The number of pyridine rings is 1. The van der Waals surface area contributed by atoms with E-state index in [2.05, 4.69) is 20.5 Å². The standard InChI is InChI=1S/C14H19N5O/c1-14(2,6-12(15)20)17-8-11-9-18-19-13(11)10-4-3-5-16-7-10/h3-5,7,9,17H,6,8H2,1-2H3,(H2,15,20)(H,18,19). The molecular formula is C14H19N5O. The Morgan fingerprint density at radius 3 is 2.90 bits per heavy atom. The average molecular weight is 273 g/mol. The van der Waals surface area contributed by atoms with E-state index in [1.807, 2.05) is 26.0 Å². The summed E-state index contributed by atoms with van der Waals surface area (Å²) in [7, 11) is 0. The summed E-state index contributed by atoms with van der Waals surface area (Å²) in [5, 5.41) is 10.4. The van der Waals surface area contributed by atoms with Gasteiger partial charge in [-0.1, -0.05) is 0 Å². The Morgan fingerprint density at radius 2 is 2.25 bits per heavy atom. The van der Waals surface area contributed by atoms with Crippen LogP contribution in [-0.4, -0.2) is 26.6 Å². The van der Waals surface area contributed by atoms with E-state index >= 15 is 0 Å². The van der Waals surface area contributed by atoms with E-state index in [1.165, 1.54) is 0 Å². The maximum atomic E-state index is 11.0. The van der Waals surface area contributed by atoms with Gasteiger partial charge < -0.3 is 11.1 Å². The van der Waals surface area contributed by atoms with E-state index in [1.54, 1.807) is 18.6 Å². The number of rotatable bonds is 6. The van der Waals surface area contributed by atoms with Crippen LogP contribution in [0.1, 0.15) is 25.8 Å². The monoisotopic (exact) mass is 273 g/mol. The summed E-state index contributed by atoms with van der Waals surface area (Å²) in [4.78, 5) is 15.1. The number of H-pyrrole nitrogens is 1. The molecule has 6 nitrogen and oxygen atoms in total. The van der Waals surface area contributed by atoms with Crippen LogP contribution >= 0.6 is 0 Å². The van der Waals surface area contributed by atoms with E-state index in [-0.39, 0.29) is 17.9 Å². The first-order chi connectivity index (χ1) is 9.48. The third-order valence-electron chi connectivity index (χ3n) is 3.04. The van der Waals surface area contributed by atoms with Crippen LogP contribution in [0.4, 0.5) is 0 Å². The lowest BCUT2D eigenvalue weighted by molar-refractivity contribution is -0.119. The number of carbonyl (C=O) groups is 1. The van der Waals surface area contributed by atoms with Gasteiger partial charge in [0.15, 0.2) is 0 Å². The molecule has 1 amide bonds. The first-order valence-electron chi connectivity index (χ1n) is 6.44. The van der Waals surface area contributed by atoms with Crippen LogP contribution in [0, 0.1) is 0 Å². The zero-order valence-electron chi connectivity index (χ0n) is 11.7. The molecule has 4 N–H and O–H groups in total. The maximum absolute atomic E-state index is 11.0. The molecule has 2 aromatic rings. The number of aromatic amines is 1. The Balaban J connectivity index is 2.09. The van der Waals surface area contributed by atoms with Gasteiger partial charge in [0.05, 0.1) is 11.9 Å². The molecule has 0 aromatic carbocycles. The highest BCUT2D eigenvalue weighted by atomic mass is 16.1. The van der Waals surface area contributed by atoms with Crippen molar-refractivity contribution in [2.75, 3.05) is 0 Å². The van der Waals surface area contributed by atoms with E-state index in [0.717, 1.165) is 16.8 Å². The Kier molecular flexibility index (Phi) is 4.14. The highest BCUT2D eigenvalue weighted by molar-refractivity contribution is 5.75. The lowest BCUT2D eigenvalue weighted by atomic mass is 9.99. The van der Waals surface area contributed by atoms with Gasteiger partial charge in [-0.05, 0) is 26.0 Å². The van der Waals surface area contributed by atoms with Crippen molar-refractivity contribution in [2.24, 2.45) is 5.73 Å². The molecule has 0 atom stereocenters. The molecule has 2 heterocycles. The average Bonchev–Trinajstić information content (AvgIpc) is 2.84. The van der Waals surface area contributed by atoms with Crippen molar-refractivity contribution in [1.29, 1.82) is 0 Å². The van der Waals surface area contributed by atoms with Crippen LogP contribution in [0.2, 0.25) is 0 Å². The van der Waals surface area contributed by atoms with Crippen molar-refractivity contribution < 1.29 is 4.79 Å². The summed E-state index contributed by atoms with van der Waals surface area (Å²) in [6.45, 7) is 4.49. The van der Waals surface area contributed by atoms with Crippen LogP contribution < -0.4 is 11.1 Å². The summed E-state index contributed by atoms with van der Waals surface area (Å²) in [6.07, 6.45) is 5.57. The topological polar surface area (TPSA) is 96.7 Å². The molecule has 0 unspecified atom stereocenters. The fourth-order valence-corrected chi connectivity index (χ4v) is 2.04. The lowest BCUT2D eigenvalue weighted by Crippen LogP contribution is -2.42. The number of primary amides is 1. The van der Waals surface area contributed by atoms with Gasteiger partial charge >= 0.3 is 0 Å². The van der Waals surface area contributed by atoms with Crippen LogP contribution in [0.15, 0.2) is 30.7 Å². The lowest BCUT2D eigenvalue weighted by Gasteiger charge is -2.24. The second kappa shape index (κ2) is 5.83. The van der Waals surface area contributed by atoms with Gasteiger partial charge in [-0.25, -0.2) is 0 Å². The largest absolute Gasteiger partial charge is 0.370 e. The van der Waals surface area contributed by atoms with Crippen molar-refractivity contribution in [3.05, 3.63) is 36.3 Å². The number of hydrogen-bond donors (Lipinski definition) is 3. The third-order valence-corrected chi connectivity index (χ3v) is 3.04. The van der Waals surface area contributed by atoms with Crippen molar-refractivity contribution in [3.8, 4) is 11.3 Å². The first kappa shape index (κ1) is 14.2. The second-order valence-corrected chi connectivity index (χ2v) is 5.39. The summed E-state index contributed by atoms with van der Waals surface area (Å²) >= 11 is 0. The van der Waals surface area contributed by atoms with E-state index in [0.29, 0.717) is 6.54 Å². The van der Waals surface area contributed by atoms with Gasteiger partial charge in [-0.15, -0.1) is 0 Å². The van der Waals surface area contributed by atoms with Crippen LogP contribution in [-0.2, 0) is 11.3 Å².